The molecule has 2 aliphatic rings. The van der Waals surface area contributed by atoms with Crippen molar-refractivity contribution in [2.75, 3.05) is 6.54 Å². The molecule has 4 heteroatoms. The van der Waals surface area contributed by atoms with Gasteiger partial charge in [0.2, 0.25) is 11.8 Å². The molecule has 0 bridgehead atoms. The van der Waals surface area contributed by atoms with Gasteiger partial charge in [0.05, 0.1) is 6.54 Å². The summed E-state index contributed by atoms with van der Waals surface area (Å²) in [6.45, 7) is 2.71. The van der Waals surface area contributed by atoms with E-state index >= 15 is 0 Å². The van der Waals surface area contributed by atoms with Crippen molar-refractivity contribution in [3.05, 3.63) is 35.4 Å². The molecule has 1 saturated carbocycles. The smallest absolute Gasteiger partial charge is 0.246 e. The first-order valence-electron chi connectivity index (χ1n) is 7.26. The molecule has 0 aromatic heterocycles. The zero-order chi connectivity index (χ0) is 14.2. The normalized spacial score (nSPS) is 21.4. The van der Waals surface area contributed by atoms with Crippen molar-refractivity contribution in [1.29, 1.82) is 0 Å². The van der Waals surface area contributed by atoms with Gasteiger partial charge in [-0.05, 0) is 25.3 Å². The molecule has 20 heavy (non-hydrogen) atoms. The molecular weight excluding hydrogens is 252 g/mol. The molecule has 2 amide bonds. The minimum absolute atomic E-state index is 0.0299. The summed E-state index contributed by atoms with van der Waals surface area (Å²) in [7, 11) is 0. The van der Waals surface area contributed by atoms with E-state index in [2.05, 4.69) is 11.4 Å². The van der Waals surface area contributed by atoms with Crippen LogP contribution in [0.5, 0.6) is 0 Å². The van der Waals surface area contributed by atoms with Crippen molar-refractivity contribution in [1.82, 2.24) is 10.2 Å². The third-order valence-corrected chi connectivity index (χ3v) is 4.49. The van der Waals surface area contributed by atoms with E-state index in [0.717, 1.165) is 31.2 Å². The second-order valence-corrected chi connectivity index (χ2v) is 5.89. The summed E-state index contributed by atoms with van der Waals surface area (Å²) in [4.78, 5) is 26.4. The summed E-state index contributed by atoms with van der Waals surface area (Å²) < 4.78 is 0. The maximum absolute atomic E-state index is 12.3. The maximum atomic E-state index is 12.3. The number of benzene rings is 1. The predicted octanol–water partition coefficient (Wildman–Crippen LogP) is 1.77. The largest absolute Gasteiger partial charge is 0.345 e. The average Bonchev–Trinajstić information content (AvgIpc) is 2.90. The maximum Gasteiger partial charge on any atom is 0.246 e. The SMILES string of the molecule is Cc1cccc(CN2C(=O)CNC(=O)C23CCCC3)c1. The molecule has 1 heterocycles. The van der Waals surface area contributed by atoms with E-state index in [9.17, 15) is 9.59 Å². The van der Waals surface area contributed by atoms with Crippen LogP contribution in [0, 0.1) is 6.92 Å². The molecule has 1 saturated heterocycles. The van der Waals surface area contributed by atoms with Crippen LogP contribution in [0.15, 0.2) is 24.3 Å². The van der Waals surface area contributed by atoms with E-state index in [-0.39, 0.29) is 18.4 Å². The number of hydrogen-bond donors (Lipinski definition) is 1. The Kier molecular flexibility index (Phi) is 3.24. The average molecular weight is 272 g/mol. The standard InChI is InChI=1S/C16H20N2O2/c1-12-5-4-6-13(9-12)11-18-14(19)10-17-15(20)16(18)7-2-3-8-16/h4-6,9H,2-3,7-8,10-11H2,1H3,(H,17,20). The zero-order valence-electron chi connectivity index (χ0n) is 11.8. The molecule has 3 rings (SSSR count). The van der Waals surface area contributed by atoms with Crippen molar-refractivity contribution in [3.8, 4) is 0 Å². The quantitative estimate of drug-likeness (QED) is 0.892. The van der Waals surface area contributed by atoms with Crippen molar-refractivity contribution < 1.29 is 9.59 Å². The van der Waals surface area contributed by atoms with Crippen molar-refractivity contribution in [2.45, 2.75) is 44.7 Å². The second kappa shape index (κ2) is 4.93. The molecule has 0 unspecified atom stereocenters. The third-order valence-electron chi connectivity index (χ3n) is 4.49. The number of nitrogens with one attached hydrogen (secondary N) is 1. The number of rotatable bonds is 2. The van der Waals surface area contributed by atoms with Gasteiger partial charge in [-0.3, -0.25) is 9.59 Å². The molecule has 1 aromatic carbocycles. The van der Waals surface area contributed by atoms with Gasteiger partial charge in [0.15, 0.2) is 0 Å². The minimum Gasteiger partial charge on any atom is -0.345 e. The summed E-state index contributed by atoms with van der Waals surface area (Å²) in [5, 5.41) is 2.76. The lowest BCUT2D eigenvalue weighted by Gasteiger charge is -2.43. The van der Waals surface area contributed by atoms with Crippen LogP contribution in [0.1, 0.15) is 36.8 Å². The highest BCUT2D eigenvalue weighted by Gasteiger charge is 2.50. The fourth-order valence-electron chi connectivity index (χ4n) is 3.47. The van der Waals surface area contributed by atoms with Crippen LogP contribution in [0.4, 0.5) is 0 Å². The summed E-state index contributed by atoms with van der Waals surface area (Å²) in [5.41, 5.74) is 1.68. The molecule has 106 valence electrons. The summed E-state index contributed by atoms with van der Waals surface area (Å²) in [5.74, 6) is 0.0651. The van der Waals surface area contributed by atoms with Gasteiger partial charge in [-0.1, -0.05) is 42.7 Å². The van der Waals surface area contributed by atoms with Gasteiger partial charge in [0.25, 0.3) is 0 Å². The summed E-state index contributed by atoms with van der Waals surface area (Å²) in [6, 6.07) is 8.15. The van der Waals surface area contributed by atoms with Crippen LogP contribution in [0.2, 0.25) is 0 Å². The van der Waals surface area contributed by atoms with E-state index in [1.54, 1.807) is 0 Å². The number of carbonyl (C=O) groups excluding carboxylic acids is 2. The van der Waals surface area contributed by atoms with Gasteiger partial charge in [-0.15, -0.1) is 0 Å². The second-order valence-electron chi connectivity index (χ2n) is 5.89. The van der Waals surface area contributed by atoms with Crippen molar-refractivity contribution in [2.24, 2.45) is 0 Å². The first-order valence-corrected chi connectivity index (χ1v) is 7.26. The number of aryl methyl sites for hydroxylation is 1. The van der Waals surface area contributed by atoms with Gasteiger partial charge < -0.3 is 10.2 Å². The van der Waals surface area contributed by atoms with Crippen LogP contribution >= 0.6 is 0 Å². The van der Waals surface area contributed by atoms with E-state index in [1.807, 2.05) is 30.0 Å². The molecule has 4 nitrogen and oxygen atoms in total. The zero-order valence-corrected chi connectivity index (χ0v) is 11.8. The van der Waals surface area contributed by atoms with Crippen LogP contribution in [-0.2, 0) is 16.1 Å². The molecule has 0 radical (unpaired) electrons. The molecule has 2 fully saturated rings. The Bertz CT molecular complexity index is 547. The summed E-state index contributed by atoms with van der Waals surface area (Å²) in [6.07, 6.45) is 3.61. The molecule has 1 aromatic rings. The number of hydrogen-bond acceptors (Lipinski definition) is 2. The van der Waals surface area contributed by atoms with Crippen molar-refractivity contribution >= 4 is 11.8 Å². The van der Waals surface area contributed by atoms with E-state index in [4.69, 9.17) is 0 Å². The topological polar surface area (TPSA) is 49.4 Å². The predicted molar refractivity (Wildman–Crippen MR) is 75.9 cm³/mol. The van der Waals surface area contributed by atoms with Gasteiger partial charge >= 0.3 is 0 Å². The van der Waals surface area contributed by atoms with Crippen molar-refractivity contribution in [3.63, 3.8) is 0 Å². The van der Waals surface area contributed by atoms with Crippen LogP contribution in [0.25, 0.3) is 0 Å². The fourth-order valence-corrected chi connectivity index (χ4v) is 3.47. The number of piperazine rings is 1. The van der Waals surface area contributed by atoms with E-state index in [0.29, 0.717) is 6.54 Å². The molecule has 1 aliphatic heterocycles. The highest BCUT2D eigenvalue weighted by atomic mass is 16.2. The molecule has 0 atom stereocenters. The first kappa shape index (κ1) is 13.2. The van der Waals surface area contributed by atoms with Gasteiger partial charge in [0, 0.05) is 6.54 Å². The molecule has 1 N–H and O–H groups in total. The number of nitrogens with zero attached hydrogens (tertiary/aromatic N) is 1. The Morgan fingerprint density at radius 2 is 2.00 bits per heavy atom. The molecular formula is C16H20N2O2. The number of carbonyl (C=O) groups is 2. The van der Waals surface area contributed by atoms with Gasteiger partial charge in [-0.25, -0.2) is 0 Å². The molecule has 1 spiro atoms. The Hall–Kier alpha value is -1.84. The highest BCUT2D eigenvalue weighted by molar-refractivity contribution is 5.98. The highest BCUT2D eigenvalue weighted by Crippen LogP contribution is 2.38. The lowest BCUT2D eigenvalue weighted by Crippen LogP contribution is -2.65. The van der Waals surface area contributed by atoms with Crippen LogP contribution in [-0.4, -0.2) is 28.8 Å². The Morgan fingerprint density at radius 3 is 2.70 bits per heavy atom. The van der Waals surface area contributed by atoms with Crippen LogP contribution in [0.3, 0.4) is 0 Å². The lowest BCUT2D eigenvalue weighted by molar-refractivity contribution is -0.154. The van der Waals surface area contributed by atoms with Crippen LogP contribution < -0.4 is 5.32 Å². The lowest BCUT2D eigenvalue weighted by atomic mass is 9.90. The number of amides is 2. The van der Waals surface area contributed by atoms with E-state index < -0.39 is 5.54 Å². The first-order chi connectivity index (χ1) is 9.62. The third kappa shape index (κ3) is 2.09. The Labute approximate surface area is 119 Å². The minimum atomic E-state index is -0.598. The van der Waals surface area contributed by atoms with Gasteiger partial charge in [0.1, 0.15) is 5.54 Å². The molecule has 1 aliphatic carbocycles. The van der Waals surface area contributed by atoms with Gasteiger partial charge in [-0.2, -0.15) is 0 Å². The monoisotopic (exact) mass is 272 g/mol. The fraction of sp³-hybridized carbons (Fsp3) is 0.500. The Balaban J connectivity index is 1.91. The van der Waals surface area contributed by atoms with E-state index in [1.165, 1.54) is 5.56 Å². The summed E-state index contributed by atoms with van der Waals surface area (Å²) >= 11 is 0. The Morgan fingerprint density at radius 1 is 1.25 bits per heavy atom.